The maximum atomic E-state index is 15.2. The number of fused-ring (bicyclic) bond motifs is 1. The lowest BCUT2D eigenvalue weighted by atomic mass is 10.1. The van der Waals surface area contributed by atoms with Crippen molar-refractivity contribution in [2.75, 3.05) is 19.0 Å². The topological polar surface area (TPSA) is 140 Å². The highest BCUT2D eigenvalue weighted by Gasteiger charge is 2.30. The summed E-state index contributed by atoms with van der Waals surface area (Å²) in [5.41, 5.74) is 5.77. The van der Waals surface area contributed by atoms with Crippen molar-refractivity contribution in [1.29, 1.82) is 0 Å². The molecule has 5 rings (SSSR count). The third kappa shape index (κ3) is 5.81. The van der Waals surface area contributed by atoms with E-state index in [0.717, 1.165) is 6.07 Å². The third-order valence-corrected chi connectivity index (χ3v) is 6.72. The number of halogens is 1. The number of esters is 1. The molecule has 0 fully saturated rings. The van der Waals surface area contributed by atoms with E-state index in [4.69, 9.17) is 19.9 Å². The van der Waals surface area contributed by atoms with Crippen molar-refractivity contribution in [3.8, 4) is 22.9 Å². The quantitative estimate of drug-likeness (QED) is 0.242. The van der Waals surface area contributed by atoms with Gasteiger partial charge in [0.25, 0.3) is 11.5 Å². The Morgan fingerprint density at radius 1 is 1.05 bits per heavy atom. The summed E-state index contributed by atoms with van der Waals surface area (Å²) in [4.78, 5) is 43.3. The second-order valence-electron chi connectivity index (χ2n) is 9.47. The molecule has 5 aromatic rings. The Morgan fingerprint density at radius 2 is 1.81 bits per heavy atom. The molecule has 220 valence electrons. The summed E-state index contributed by atoms with van der Waals surface area (Å²) in [7, 11) is 3.11. The Hall–Kier alpha value is -5.49. The molecule has 0 unspecified atom stereocenters. The van der Waals surface area contributed by atoms with Crippen molar-refractivity contribution in [2.45, 2.75) is 13.0 Å². The lowest BCUT2D eigenvalue weighted by Gasteiger charge is -2.17. The number of anilines is 1. The molecule has 0 aliphatic heterocycles. The maximum Gasteiger partial charge on any atom is 0.320 e. The zero-order valence-corrected chi connectivity index (χ0v) is 23.5. The van der Waals surface area contributed by atoms with Gasteiger partial charge in [0, 0.05) is 36.5 Å². The van der Waals surface area contributed by atoms with E-state index in [0.29, 0.717) is 28.1 Å². The molecule has 2 heterocycles. The highest BCUT2D eigenvalue weighted by molar-refractivity contribution is 6.05. The summed E-state index contributed by atoms with van der Waals surface area (Å²) in [5, 5.41) is 3.23. The molecule has 2 aromatic heterocycles. The SMILES string of the molecule is COc1ccc2c(Oc3ccc(NC(=O)c4c([C@@H](C)OC(=O)CN)n(C)n(-c5ccccc5)c4=O)cc3F)ccnc2c1. The average molecular weight is 586 g/mol. The van der Waals surface area contributed by atoms with Gasteiger partial charge in [0.15, 0.2) is 11.6 Å². The Balaban J connectivity index is 1.45. The van der Waals surface area contributed by atoms with Crippen molar-refractivity contribution in [2.24, 2.45) is 12.8 Å². The highest BCUT2D eigenvalue weighted by atomic mass is 19.1. The van der Waals surface area contributed by atoms with Gasteiger partial charge in [0.2, 0.25) is 0 Å². The maximum absolute atomic E-state index is 15.2. The summed E-state index contributed by atoms with van der Waals surface area (Å²) in [5.74, 6) is -1.38. The standard InChI is InChI=1S/C31H28FN5O6/c1-18(42-27(38)17-33)29-28(31(40)37(36(29)2)20-7-5-4-6-8-20)30(39)35-19-9-12-26(23(32)15-19)43-25-13-14-34-24-16-21(41-3)10-11-22(24)25/h4-16,18H,17,33H2,1-3H3,(H,35,39)/t18-/m1/s1. The summed E-state index contributed by atoms with van der Waals surface area (Å²) in [6.07, 6.45) is 0.539. The van der Waals surface area contributed by atoms with E-state index in [1.807, 2.05) is 0 Å². The molecular formula is C31H28FN5O6. The largest absolute Gasteiger partial charge is 0.497 e. The Bertz CT molecular complexity index is 1890. The molecule has 0 spiro atoms. The summed E-state index contributed by atoms with van der Waals surface area (Å²) < 4.78 is 34.3. The number of carbonyl (C=O) groups excluding carboxylic acids is 2. The van der Waals surface area contributed by atoms with Crippen LogP contribution in [0.1, 0.15) is 29.1 Å². The van der Waals surface area contributed by atoms with Crippen LogP contribution >= 0.6 is 0 Å². The molecule has 0 saturated carbocycles. The summed E-state index contributed by atoms with van der Waals surface area (Å²) >= 11 is 0. The van der Waals surface area contributed by atoms with Crippen LogP contribution < -0.4 is 26.1 Å². The predicted molar refractivity (Wildman–Crippen MR) is 157 cm³/mol. The summed E-state index contributed by atoms with van der Waals surface area (Å²) in [6, 6.07) is 19.4. The third-order valence-electron chi connectivity index (χ3n) is 6.72. The van der Waals surface area contributed by atoms with E-state index in [1.54, 1.807) is 68.8 Å². The van der Waals surface area contributed by atoms with Crippen LogP contribution in [0.3, 0.4) is 0 Å². The molecule has 3 aromatic carbocycles. The van der Waals surface area contributed by atoms with Crippen molar-refractivity contribution in [3.63, 3.8) is 0 Å². The zero-order chi connectivity index (χ0) is 30.7. The molecule has 0 aliphatic carbocycles. The average Bonchev–Trinajstić information content (AvgIpc) is 3.28. The van der Waals surface area contributed by atoms with Crippen LogP contribution in [0, 0.1) is 5.82 Å². The Morgan fingerprint density at radius 3 is 2.51 bits per heavy atom. The Kier molecular flexibility index (Phi) is 8.21. The first-order valence-electron chi connectivity index (χ1n) is 13.2. The number of benzene rings is 3. The lowest BCUT2D eigenvalue weighted by molar-refractivity contribution is -0.147. The predicted octanol–water partition coefficient (Wildman–Crippen LogP) is 4.48. The molecule has 0 aliphatic rings. The zero-order valence-electron chi connectivity index (χ0n) is 23.5. The van der Waals surface area contributed by atoms with Crippen molar-refractivity contribution in [3.05, 3.63) is 106 Å². The van der Waals surface area contributed by atoms with Gasteiger partial charge in [-0.05, 0) is 49.4 Å². The van der Waals surface area contributed by atoms with E-state index in [2.05, 4.69) is 10.3 Å². The van der Waals surface area contributed by atoms with Crippen LogP contribution in [0.2, 0.25) is 0 Å². The number of ether oxygens (including phenoxy) is 3. The number of hydrogen-bond donors (Lipinski definition) is 2. The first-order valence-corrected chi connectivity index (χ1v) is 13.2. The minimum absolute atomic E-state index is 0.0752. The van der Waals surface area contributed by atoms with E-state index < -0.39 is 29.4 Å². The second kappa shape index (κ2) is 12.2. The number of nitrogens with one attached hydrogen (secondary N) is 1. The number of amides is 1. The lowest BCUT2D eigenvalue weighted by Crippen LogP contribution is -2.25. The van der Waals surface area contributed by atoms with Gasteiger partial charge in [0.1, 0.15) is 23.2 Å². The molecule has 0 radical (unpaired) electrons. The van der Waals surface area contributed by atoms with Gasteiger partial charge >= 0.3 is 5.97 Å². The molecule has 1 amide bonds. The molecule has 0 saturated heterocycles. The number of aromatic nitrogens is 3. The second-order valence-corrected chi connectivity index (χ2v) is 9.47. The number of pyridine rings is 1. The molecule has 43 heavy (non-hydrogen) atoms. The number of nitrogens with zero attached hydrogens (tertiary/aromatic N) is 3. The number of para-hydroxylation sites is 1. The fourth-order valence-corrected chi connectivity index (χ4v) is 4.75. The van der Waals surface area contributed by atoms with Crippen LogP contribution in [-0.2, 0) is 16.6 Å². The first kappa shape index (κ1) is 29.0. The van der Waals surface area contributed by atoms with E-state index in [-0.39, 0.29) is 29.2 Å². The smallest absolute Gasteiger partial charge is 0.320 e. The monoisotopic (exact) mass is 585 g/mol. The first-order chi connectivity index (χ1) is 20.7. The van der Waals surface area contributed by atoms with Crippen LogP contribution in [0.15, 0.2) is 83.8 Å². The molecule has 11 nitrogen and oxygen atoms in total. The number of methoxy groups -OCH3 is 1. The van der Waals surface area contributed by atoms with Gasteiger partial charge in [-0.15, -0.1) is 0 Å². The van der Waals surface area contributed by atoms with Gasteiger partial charge in [-0.1, -0.05) is 18.2 Å². The minimum atomic E-state index is -0.998. The fraction of sp³-hybridized carbons (Fsp3) is 0.161. The number of nitrogens with two attached hydrogens (primary N) is 1. The van der Waals surface area contributed by atoms with Gasteiger partial charge in [-0.25, -0.2) is 9.07 Å². The number of carbonyl (C=O) groups is 2. The Labute approximate surface area is 245 Å². The molecule has 3 N–H and O–H groups in total. The van der Waals surface area contributed by atoms with Crippen LogP contribution in [0.5, 0.6) is 17.2 Å². The van der Waals surface area contributed by atoms with E-state index in [9.17, 15) is 14.4 Å². The van der Waals surface area contributed by atoms with E-state index >= 15 is 4.39 Å². The number of hydrogen-bond acceptors (Lipinski definition) is 8. The van der Waals surface area contributed by atoms with Gasteiger partial charge < -0.3 is 25.3 Å². The van der Waals surface area contributed by atoms with Gasteiger partial charge in [-0.3, -0.25) is 24.0 Å². The normalized spacial score (nSPS) is 11.7. The fourth-order valence-electron chi connectivity index (χ4n) is 4.75. The summed E-state index contributed by atoms with van der Waals surface area (Å²) in [6.45, 7) is 1.15. The number of rotatable bonds is 9. The van der Waals surface area contributed by atoms with Crippen LogP contribution in [0.25, 0.3) is 16.6 Å². The van der Waals surface area contributed by atoms with Crippen molar-refractivity contribution in [1.82, 2.24) is 14.3 Å². The van der Waals surface area contributed by atoms with Gasteiger partial charge in [0.05, 0.1) is 30.6 Å². The van der Waals surface area contributed by atoms with Crippen LogP contribution in [0.4, 0.5) is 10.1 Å². The molecule has 12 heteroatoms. The van der Waals surface area contributed by atoms with Crippen molar-refractivity contribution >= 4 is 28.5 Å². The molecule has 1 atom stereocenters. The highest BCUT2D eigenvalue weighted by Crippen LogP contribution is 2.33. The molecular weight excluding hydrogens is 557 g/mol. The molecule has 0 bridgehead atoms. The van der Waals surface area contributed by atoms with Crippen LogP contribution in [-0.4, -0.2) is 39.9 Å². The minimum Gasteiger partial charge on any atom is -0.497 e. The van der Waals surface area contributed by atoms with Gasteiger partial charge in [-0.2, -0.15) is 0 Å². The van der Waals surface area contributed by atoms with E-state index in [1.165, 1.54) is 34.6 Å². The van der Waals surface area contributed by atoms with Crippen molar-refractivity contribution < 1.29 is 28.2 Å².